The van der Waals surface area contributed by atoms with E-state index in [1.807, 2.05) is 0 Å². The van der Waals surface area contributed by atoms with Crippen molar-refractivity contribution >= 4 is 39.6 Å². The van der Waals surface area contributed by atoms with Crippen molar-refractivity contribution < 1.29 is 9.53 Å². The molecular formula is C17H24N2O2S2. The highest BCUT2D eigenvalue weighted by Crippen LogP contribution is 2.38. The molecule has 1 aromatic rings. The Hall–Kier alpha value is -1.14. The van der Waals surface area contributed by atoms with Gasteiger partial charge in [0.05, 0.1) is 12.7 Å². The molecule has 0 atom stereocenters. The van der Waals surface area contributed by atoms with E-state index in [0.29, 0.717) is 5.56 Å². The first-order chi connectivity index (χ1) is 11.1. The molecule has 126 valence electrons. The molecule has 2 heterocycles. The largest absolute Gasteiger partial charge is 0.465 e. The van der Waals surface area contributed by atoms with Crippen LogP contribution in [0.5, 0.6) is 0 Å². The molecule has 1 aliphatic heterocycles. The van der Waals surface area contributed by atoms with Crippen LogP contribution in [0.2, 0.25) is 0 Å². The van der Waals surface area contributed by atoms with Crippen LogP contribution in [-0.4, -0.2) is 36.2 Å². The quantitative estimate of drug-likeness (QED) is 0.647. The Morgan fingerprint density at radius 1 is 1.30 bits per heavy atom. The molecule has 0 radical (unpaired) electrons. The van der Waals surface area contributed by atoms with Crippen LogP contribution in [0.4, 0.5) is 5.00 Å². The summed E-state index contributed by atoms with van der Waals surface area (Å²) in [6.07, 6.45) is 6.70. The van der Waals surface area contributed by atoms with Gasteiger partial charge in [-0.15, -0.1) is 11.3 Å². The SMILES string of the molecule is COC(=O)c1c(NC(=S)N2CCC(C)CC2)sc2c1CCCC2. The Bertz CT molecular complexity index is 604. The number of fused-ring (bicyclic) bond motifs is 1. The van der Waals surface area contributed by atoms with Gasteiger partial charge in [0.25, 0.3) is 0 Å². The van der Waals surface area contributed by atoms with E-state index in [0.717, 1.165) is 48.4 Å². The molecule has 1 saturated heterocycles. The van der Waals surface area contributed by atoms with E-state index in [9.17, 15) is 4.79 Å². The number of aryl methyl sites for hydroxylation is 1. The number of nitrogens with one attached hydrogen (secondary N) is 1. The first-order valence-corrected chi connectivity index (χ1v) is 9.61. The van der Waals surface area contributed by atoms with Gasteiger partial charge in [0.1, 0.15) is 5.00 Å². The summed E-state index contributed by atoms with van der Waals surface area (Å²) in [6, 6.07) is 0. The predicted octanol–water partition coefficient (Wildman–Crippen LogP) is 3.84. The van der Waals surface area contributed by atoms with E-state index < -0.39 is 0 Å². The molecule has 6 heteroatoms. The summed E-state index contributed by atoms with van der Waals surface area (Å²) in [5, 5.41) is 4.95. The van der Waals surface area contributed by atoms with E-state index in [4.69, 9.17) is 17.0 Å². The van der Waals surface area contributed by atoms with Gasteiger partial charge in [-0.1, -0.05) is 6.92 Å². The third-order valence-electron chi connectivity index (χ3n) is 4.85. The number of likely N-dealkylation sites (tertiary alicyclic amines) is 1. The maximum atomic E-state index is 12.3. The van der Waals surface area contributed by atoms with Crippen molar-refractivity contribution in [3.63, 3.8) is 0 Å². The van der Waals surface area contributed by atoms with Crippen LogP contribution in [-0.2, 0) is 17.6 Å². The standard InChI is InChI=1S/C17H24N2O2S2/c1-11-7-9-19(10-8-11)17(22)18-15-14(16(20)21-2)12-5-3-4-6-13(12)23-15/h11H,3-10H2,1-2H3,(H,18,22). The Morgan fingerprint density at radius 3 is 2.70 bits per heavy atom. The summed E-state index contributed by atoms with van der Waals surface area (Å²) in [5.41, 5.74) is 1.88. The van der Waals surface area contributed by atoms with Gasteiger partial charge >= 0.3 is 5.97 Å². The molecule has 4 nitrogen and oxygen atoms in total. The summed E-state index contributed by atoms with van der Waals surface area (Å²) in [7, 11) is 1.45. The Kier molecular flexibility index (Phi) is 5.21. The Balaban J connectivity index is 1.80. The van der Waals surface area contributed by atoms with Gasteiger partial charge in [-0.25, -0.2) is 4.79 Å². The van der Waals surface area contributed by atoms with E-state index >= 15 is 0 Å². The average Bonchev–Trinajstić information content (AvgIpc) is 2.92. The second-order valence-corrected chi connectivity index (χ2v) is 8.00. The third kappa shape index (κ3) is 3.53. The van der Waals surface area contributed by atoms with Gasteiger partial charge in [0, 0.05) is 18.0 Å². The number of carbonyl (C=O) groups is 1. The van der Waals surface area contributed by atoms with Crippen molar-refractivity contribution in [2.45, 2.75) is 45.4 Å². The summed E-state index contributed by atoms with van der Waals surface area (Å²) < 4.78 is 5.01. The fourth-order valence-corrected chi connectivity index (χ4v) is 4.99. The topological polar surface area (TPSA) is 41.6 Å². The van der Waals surface area contributed by atoms with Gasteiger partial charge in [0.15, 0.2) is 5.11 Å². The van der Waals surface area contributed by atoms with Gasteiger partial charge < -0.3 is 15.0 Å². The minimum atomic E-state index is -0.248. The van der Waals surface area contributed by atoms with Crippen LogP contribution in [0.3, 0.4) is 0 Å². The molecule has 1 fully saturated rings. The van der Waals surface area contributed by atoms with E-state index in [2.05, 4.69) is 17.1 Å². The minimum Gasteiger partial charge on any atom is -0.465 e. The molecule has 1 aliphatic carbocycles. The maximum absolute atomic E-state index is 12.3. The normalized spacial score (nSPS) is 18.4. The predicted molar refractivity (Wildman–Crippen MR) is 98.5 cm³/mol. The van der Waals surface area contributed by atoms with Crippen molar-refractivity contribution in [1.29, 1.82) is 0 Å². The lowest BCUT2D eigenvalue weighted by atomic mass is 9.95. The van der Waals surface area contributed by atoms with Crippen LogP contribution in [0.15, 0.2) is 0 Å². The zero-order chi connectivity index (χ0) is 16.4. The lowest BCUT2D eigenvalue weighted by Gasteiger charge is -2.32. The number of ether oxygens (including phenoxy) is 1. The molecule has 2 aliphatic rings. The number of esters is 1. The van der Waals surface area contributed by atoms with Crippen LogP contribution in [0.1, 0.15) is 53.4 Å². The number of piperidine rings is 1. The maximum Gasteiger partial charge on any atom is 0.341 e. The van der Waals surface area contributed by atoms with Gasteiger partial charge in [0.2, 0.25) is 0 Å². The fourth-order valence-electron chi connectivity index (χ4n) is 3.36. The van der Waals surface area contributed by atoms with Crippen molar-refractivity contribution in [2.75, 3.05) is 25.5 Å². The zero-order valence-corrected chi connectivity index (χ0v) is 15.4. The number of rotatable bonds is 2. The number of nitrogens with zero attached hydrogens (tertiary/aromatic N) is 1. The number of carbonyl (C=O) groups excluding carboxylic acids is 1. The molecule has 0 bridgehead atoms. The Morgan fingerprint density at radius 2 is 2.00 bits per heavy atom. The number of hydrogen-bond acceptors (Lipinski definition) is 4. The highest BCUT2D eigenvalue weighted by atomic mass is 32.1. The highest BCUT2D eigenvalue weighted by molar-refractivity contribution is 7.80. The molecule has 0 spiro atoms. The van der Waals surface area contributed by atoms with Gasteiger partial charge in [-0.2, -0.15) is 0 Å². The lowest BCUT2D eigenvalue weighted by molar-refractivity contribution is 0.0601. The van der Waals surface area contributed by atoms with E-state index in [-0.39, 0.29) is 5.97 Å². The summed E-state index contributed by atoms with van der Waals surface area (Å²) in [4.78, 5) is 15.8. The van der Waals surface area contributed by atoms with Crippen molar-refractivity contribution in [3.05, 3.63) is 16.0 Å². The molecule has 1 aromatic heterocycles. The molecule has 23 heavy (non-hydrogen) atoms. The van der Waals surface area contributed by atoms with Gasteiger partial charge in [-0.05, 0) is 62.2 Å². The van der Waals surface area contributed by atoms with Crippen LogP contribution < -0.4 is 5.32 Å². The number of thiophene rings is 1. The number of anilines is 1. The molecule has 3 rings (SSSR count). The van der Waals surface area contributed by atoms with Crippen LogP contribution in [0, 0.1) is 5.92 Å². The van der Waals surface area contributed by atoms with Crippen molar-refractivity contribution in [1.82, 2.24) is 4.90 Å². The summed E-state index contributed by atoms with van der Waals surface area (Å²) in [5.74, 6) is 0.524. The number of hydrogen-bond donors (Lipinski definition) is 1. The molecule has 0 unspecified atom stereocenters. The molecule has 0 aromatic carbocycles. The first kappa shape index (κ1) is 16.7. The highest BCUT2D eigenvalue weighted by Gasteiger charge is 2.27. The average molecular weight is 353 g/mol. The zero-order valence-electron chi connectivity index (χ0n) is 13.8. The van der Waals surface area contributed by atoms with Crippen LogP contribution in [0.25, 0.3) is 0 Å². The molecule has 1 N–H and O–H groups in total. The number of methoxy groups -OCH3 is 1. The minimum absolute atomic E-state index is 0.248. The van der Waals surface area contributed by atoms with Crippen molar-refractivity contribution in [3.8, 4) is 0 Å². The van der Waals surface area contributed by atoms with Gasteiger partial charge in [-0.3, -0.25) is 0 Å². The third-order valence-corrected chi connectivity index (χ3v) is 6.42. The van der Waals surface area contributed by atoms with Crippen molar-refractivity contribution in [2.24, 2.45) is 5.92 Å². The summed E-state index contributed by atoms with van der Waals surface area (Å²) >= 11 is 7.26. The smallest absolute Gasteiger partial charge is 0.341 e. The lowest BCUT2D eigenvalue weighted by Crippen LogP contribution is -2.40. The summed E-state index contributed by atoms with van der Waals surface area (Å²) in [6.45, 7) is 4.27. The molecular weight excluding hydrogens is 328 g/mol. The second kappa shape index (κ2) is 7.18. The molecule has 0 saturated carbocycles. The molecule has 0 amide bonds. The monoisotopic (exact) mass is 352 g/mol. The Labute approximate surface area is 147 Å². The van der Waals surface area contributed by atoms with E-state index in [1.165, 1.54) is 36.8 Å². The van der Waals surface area contributed by atoms with Crippen LogP contribution >= 0.6 is 23.6 Å². The van der Waals surface area contributed by atoms with E-state index in [1.54, 1.807) is 11.3 Å². The first-order valence-electron chi connectivity index (χ1n) is 8.39. The second-order valence-electron chi connectivity index (χ2n) is 6.51. The fraction of sp³-hybridized carbons (Fsp3) is 0.647. The number of thiocarbonyl (C=S) groups is 1.